The normalized spacial score (nSPS) is 21.4. The van der Waals surface area contributed by atoms with Crippen LogP contribution in [0.1, 0.15) is 69.6 Å². The average molecular weight is 521 g/mol. The molecule has 8 heteroatoms. The molecular weight excluding hydrogens is 484 g/mol. The molecule has 0 spiro atoms. The molecule has 0 saturated carbocycles. The van der Waals surface area contributed by atoms with E-state index in [-0.39, 0.29) is 6.03 Å². The molecule has 37 heavy (non-hydrogen) atoms. The van der Waals surface area contributed by atoms with Gasteiger partial charge in [-0.05, 0) is 63.3 Å². The van der Waals surface area contributed by atoms with Crippen molar-refractivity contribution in [2.45, 2.75) is 76.9 Å². The molecule has 2 aliphatic heterocycles. The minimum Gasteiger partial charge on any atom is -0.312 e. The highest BCUT2D eigenvalue weighted by Gasteiger charge is 2.42. The number of anilines is 2. The Labute approximate surface area is 224 Å². The molecular formula is C29H37ClN6O. The molecule has 2 fully saturated rings. The fourth-order valence-corrected chi connectivity index (χ4v) is 6.35. The molecule has 0 aliphatic carbocycles. The third kappa shape index (κ3) is 5.53. The lowest BCUT2D eigenvalue weighted by Crippen LogP contribution is -2.45. The van der Waals surface area contributed by atoms with Crippen LogP contribution < -0.4 is 10.2 Å². The largest absolute Gasteiger partial charge is 0.326 e. The summed E-state index contributed by atoms with van der Waals surface area (Å²) in [5, 5.41) is 12.4. The van der Waals surface area contributed by atoms with E-state index in [0.29, 0.717) is 41.3 Å². The molecule has 1 N–H and O–H groups in total. The Balaban J connectivity index is 1.24. The van der Waals surface area contributed by atoms with Gasteiger partial charge in [-0.3, -0.25) is 9.80 Å². The molecule has 3 atom stereocenters. The predicted molar refractivity (Wildman–Crippen MR) is 150 cm³/mol. The smallest absolute Gasteiger partial charge is 0.312 e. The van der Waals surface area contributed by atoms with Gasteiger partial charge < -0.3 is 9.88 Å². The van der Waals surface area contributed by atoms with Crippen LogP contribution in [0.4, 0.5) is 16.2 Å². The summed E-state index contributed by atoms with van der Waals surface area (Å²) in [6.07, 6.45) is 5.68. The van der Waals surface area contributed by atoms with Crippen LogP contribution in [0.5, 0.6) is 0 Å². The number of hydrogen-bond acceptors (Lipinski definition) is 4. The summed E-state index contributed by atoms with van der Waals surface area (Å²) in [7, 11) is 0. The van der Waals surface area contributed by atoms with Gasteiger partial charge in [0, 0.05) is 42.8 Å². The van der Waals surface area contributed by atoms with Crippen molar-refractivity contribution in [1.29, 1.82) is 0 Å². The third-order valence-electron chi connectivity index (χ3n) is 7.86. The maximum absolute atomic E-state index is 13.3. The molecule has 1 unspecified atom stereocenters. The molecule has 3 aromatic rings. The monoisotopic (exact) mass is 520 g/mol. The molecule has 2 aliphatic rings. The van der Waals surface area contributed by atoms with Crippen LogP contribution in [-0.4, -0.2) is 50.9 Å². The lowest BCUT2D eigenvalue weighted by Gasteiger charge is -2.40. The molecule has 2 saturated heterocycles. The number of nitrogens with zero attached hydrogens (tertiary/aromatic N) is 5. The van der Waals surface area contributed by atoms with Crippen LogP contribution >= 0.6 is 11.6 Å². The summed E-state index contributed by atoms with van der Waals surface area (Å²) in [5.41, 5.74) is 1.51. The zero-order valence-electron chi connectivity index (χ0n) is 22.0. The number of halogens is 1. The first kappa shape index (κ1) is 25.7. The highest BCUT2D eigenvalue weighted by molar-refractivity contribution is 6.33. The summed E-state index contributed by atoms with van der Waals surface area (Å²) >= 11 is 6.30. The SMILES string of the molecule is Cc1nnc(C(C)C)n1C1C[C@H]2CC[C@@H](C1)N2CCCN(C(=O)Nc1ccccc1Cl)c1ccccc1. The Morgan fingerprint density at radius 1 is 1.03 bits per heavy atom. The van der Waals surface area contributed by atoms with E-state index < -0.39 is 0 Å². The van der Waals surface area contributed by atoms with Crippen LogP contribution in [0.25, 0.3) is 0 Å². The van der Waals surface area contributed by atoms with Crippen molar-refractivity contribution in [1.82, 2.24) is 19.7 Å². The van der Waals surface area contributed by atoms with E-state index in [1.54, 1.807) is 6.07 Å². The molecule has 2 aromatic carbocycles. The highest BCUT2D eigenvalue weighted by atomic mass is 35.5. The van der Waals surface area contributed by atoms with Crippen LogP contribution in [0.15, 0.2) is 54.6 Å². The Morgan fingerprint density at radius 2 is 1.70 bits per heavy atom. The quantitative estimate of drug-likeness (QED) is 0.360. The zero-order valence-corrected chi connectivity index (χ0v) is 22.7. The van der Waals surface area contributed by atoms with Gasteiger partial charge in [0.2, 0.25) is 0 Å². The molecule has 7 nitrogen and oxygen atoms in total. The second-order valence-electron chi connectivity index (χ2n) is 10.6. The van der Waals surface area contributed by atoms with Gasteiger partial charge in [0.25, 0.3) is 0 Å². The van der Waals surface area contributed by atoms with Gasteiger partial charge in [-0.15, -0.1) is 10.2 Å². The van der Waals surface area contributed by atoms with Gasteiger partial charge in [-0.1, -0.05) is 55.8 Å². The molecule has 5 rings (SSSR count). The number of benzene rings is 2. The Morgan fingerprint density at radius 3 is 2.38 bits per heavy atom. The van der Waals surface area contributed by atoms with Crippen molar-refractivity contribution in [3.05, 3.63) is 71.3 Å². The number of hydrogen-bond donors (Lipinski definition) is 1. The first-order valence-electron chi connectivity index (χ1n) is 13.5. The van der Waals surface area contributed by atoms with E-state index >= 15 is 0 Å². The van der Waals surface area contributed by atoms with Crippen LogP contribution in [0, 0.1) is 6.92 Å². The van der Waals surface area contributed by atoms with E-state index in [4.69, 9.17) is 11.6 Å². The summed E-state index contributed by atoms with van der Waals surface area (Å²) in [6, 6.07) is 18.7. The van der Waals surface area contributed by atoms with Crippen molar-refractivity contribution < 1.29 is 4.79 Å². The second-order valence-corrected chi connectivity index (χ2v) is 11.0. The molecule has 1 aromatic heterocycles. The highest BCUT2D eigenvalue weighted by Crippen LogP contribution is 2.42. The van der Waals surface area contributed by atoms with Crippen molar-refractivity contribution in [3.63, 3.8) is 0 Å². The Bertz CT molecular complexity index is 1200. The predicted octanol–water partition coefficient (Wildman–Crippen LogP) is 6.66. The fourth-order valence-electron chi connectivity index (χ4n) is 6.16. The number of para-hydroxylation sites is 2. The number of aryl methyl sites for hydroxylation is 1. The summed E-state index contributed by atoms with van der Waals surface area (Å²) in [5.74, 6) is 2.51. The van der Waals surface area contributed by atoms with E-state index in [1.807, 2.05) is 53.4 Å². The van der Waals surface area contributed by atoms with E-state index in [9.17, 15) is 4.79 Å². The van der Waals surface area contributed by atoms with Crippen LogP contribution in [-0.2, 0) is 0 Å². The van der Waals surface area contributed by atoms with Crippen molar-refractivity contribution >= 4 is 29.0 Å². The second kappa shape index (κ2) is 11.2. The van der Waals surface area contributed by atoms with E-state index in [1.165, 1.54) is 12.8 Å². The number of amides is 2. The standard InChI is InChI=1S/C29H37ClN6O/c1-20(2)28-33-32-21(3)36(28)25-18-23-14-15-24(19-25)34(23)16-9-17-35(22-10-5-4-6-11-22)29(37)31-27-13-8-7-12-26(27)30/h4-8,10-13,20,23-25H,9,14-19H2,1-3H3,(H,31,37)/t23-,24+,25?. The summed E-state index contributed by atoms with van der Waals surface area (Å²) in [6.45, 7) is 8.11. The van der Waals surface area contributed by atoms with Gasteiger partial charge in [0.1, 0.15) is 11.6 Å². The molecule has 2 amide bonds. The van der Waals surface area contributed by atoms with Gasteiger partial charge in [-0.25, -0.2) is 4.79 Å². The number of urea groups is 1. The van der Waals surface area contributed by atoms with Gasteiger partial charge in [0.15, 0.2) is 0 Å². The number of carbonyl (C=O) groups excluding carboxylic acids is 1. The Kier molecular flexibility index (Phi) is 7.81. The average Bonchev–Trinajstić information content (AvgIpc) is 3.39. The van der Waals surface area contributed by atoms with Crippen molar-refractivity contribution in [2.24, 2.45) is 0 Å². The van der Waals surface area contributed by atoms with Crippen LogP contribution in [0.3, 0.4) is 0 Å². The summed E-state index contributed by atoms with van der Waals surface area (Å²) < 4.78 is 2.41. The molecule has 0 radical (unpaired) electrons. The first-order valence-corrected chi connectivity index (χ1v) is 13.9. The third-order valence-corrected chi connectivity index (χ3v) is 8.19. The minimum atomic E-state index is -0.162. The number of piperidine rings is 1. The summed E-state index contributed by atoms with van der Waals surface area (Å²) in [4.78, 5) is 17.8. The Hall–Kier alpha value is -2.90. The molecule has 2 bridgehead atoms. The molecule has 3 heterocycles. The van der Waals surface area contributed by atoms with Gasteiger partial charge in [0.05, 0.1) is 10.7 Å². The number of nitrogens with one attached hydrogen (secondary N) is 1. The zero-order chi connectivity index (χ0) is 25.9. The molecule has 196 valence electrons. The van der Waals surface area contributed by atoms with Crippen LogP contribution in [0.2, 0.25) is 5.02 Å². The lowest BCUT2D eigenvalue weighted by molar-refractivity contribution is 0.104. The number of aromatic nitrogens is 3. The van der Waals surface area contributed by atoms with Gasteiger partial charge in [-0.2, -0.15) is 0 Å². The minimum absolute atomic E-state index is 0.162. The number of rotatable bonds is 8. The van der Waals surface area contributed by atoms with Crippen molar-refractivity contribution in [3.8, 4) is 0 Å². The lowest BCUT2D eigenvalue weighted by atomic mass is 9.96. The first-order chi connectivity index (χ1) is 17.9. The maximum Gasteiger partial charge on any atom is 0.326 e. The fraction of sp³-hybridized carbons (Fsp3) is 0.483. The van der Waals surface area contributed by atoms with Crippen molar-refractivity contribution in [2.75, 3.05) is 23.3 Å². The number of carbonyl (C=O) groups is 1. The topological polar surface area (TPSA) is 66.3 Å². The maximum atomic E-state index is 13.3. The van der Waals surface area contributed by atoms with E-state index in [2.05, 4.69) is 45.8 Å². The number of fused-ring (bicyclic) bond motifs is 2. The van der Waals surface area contributed by atoms with Gasteiger partial charge >= 0.3 is 6.03 Å². The van der Waals surface area contributed by atoms with E-state index in [0.717, 1.165) is 43.1 Å².